The second-order valence-electron chi connectivity index (χ2n) is 4.05. The first kappa shape index (κ1) is 8.05. The lowest BCUT2D eigenvalue weighted by Gasteiger charge is -2.11. The maximum atomic E-state index is 11.1. The van der Waals surface area contributed by atoms with Gasteiger partial charge >= 0.3 is 0 Å². The number of carbonyl (C=O) groups excluding carboxylic acids is 1. The molecule has 2 rings (SSSR count). The number of hydrogen-bond donors (Lipinski definition) is 2. The van der Waals surface area contributed by atoms with Gasteiger partial charge in [-0.15, -0.1) is 0 Å². The normalized spacial score (nSPS) is 35.2. The van der Waals surface area contributed by atoms with E-state index in [0.717, 1.165) is 12.3 Å². The number of carbonyl (C=O) groups is 1. The lowest BCUT2D eigenvalue weighted by atomic mass is 9.98. The molecule has 2 unspecified atom stereocenters. The Hall–Kier alpha value is -0.570. The molecule has 0 aromatic heterocycles. The van der Waals surface area contributed by atoms with Crippen LogP contribution >= 0.6 is 0 Å². The molecule has 0 aromatic rings. The van der Waals surface area contributed by atoms with E-state index in [1.54, 1.807) is 0 Å². The minimum absolute atomic E-state index is 0.149. The lowest BCUT2D eigenvalue weighted by molar-refractivity contribution is -0.122. The average molecular weight is 168 g/mol. The molecule has 2 aliphatic rings. The molecule has 0 radical (unpaired) electrons. The third-order valence-electron chi connectivity index (χ3n) is 2.98. The van der Waals surface area contributed by atoms with Crippen molar-refractivity contribution in [2.75, 3.05) is 0 Å². The first-order chi connectivity index (χ1) is 5.77. The van der Waals surface area contributed by atoms with Crippen molar-refractivity contribution in [3.8, 4) is 0 Å². The van der Waals surface area contributed by atoms with E-state index < -0.39 is 0 Å². The number of nitrogens with one attached hydrogen (secondary N) is 2. The summed E-state index contributed by atoms with van der Waals surface area (Å²) < 4.78 is 0. The van der Waals surface area contributed by atoms with Crippen molar-refractivity contribution in [2.24, 2.45) is 11.8 Å². The van der Waals surface area contributed by atoms with Crippen LogP contribution in [0.25, 0.3) is 0 Å². The van der Waals surface area contributed by atoms with Gasteiger partial charge in [-0.05, 0) is 18.8 Å². The second kappa shape index (κ2) is 3.05. The molecule has 2 fully saturated rings. The van der Waals surface area contributed by atoms with E-state index in [-0.39, 0.29) is 11.8 Å². The summed E-state index contributed by atoms with van der Waals surface area (Å²) in [6.45, 7) is 1.99. The fraction of sp³-hybridized carbons (Fsp3) is 0.889. The maximum absolute atomic E-state index is 11.1. The molecule has 12 heavy (non-hydrogen) atoms. The zero-order chi connectivity index (χ0) is 8.55. The summed E-state index contributed by atoms with van der Waals surface area (Å²) in [7, 11) is 0. The zero-order valence-electron chi connectivity index (χ0n) is 7.47. The van der Waals surface area contributed by atoms with E-state index in [4.69, 9.17) is 0 Å². The third kappa shape index (κ3) is 1.61. The van der Waals surface area contributed by atoms with Gasteiger partial charge < -0.3 is 0 Å². The summed E-state index contributed by atoms with van der Waals surface area (Å²) in [6, 6.07) is 0.373. The average Bonchev–Trinajstić information content (AvgIpc) is 2.82. The van der Waals surface area contributed by atoms with Crippen LogP contribution in [-0.4, -0.2) is 11.9 Å². The monoisotopic (exact) mass is 168 g/mol. The molecule has 1 heterocycles. The Balaban J connectivity index is 1.75. The van der Waals surface area contributed by atoms with Gasteiger partial charge in [0.1, 0.15) is 0 Å². The molecule has 1 aliphatic heterocycles. The second-order valence-corrected chi connectivity index (χ2v) is 4.05. The lowest BCUT2D eigenvalue weighted by Crippen LogP contribution is -2.31. The van der Waals surface area contributed by atoms with Gasteiger partial charge in [0.05, 0.1) is 5.92 Å². The van der Waals surface area contributed by atoms with Crippen LogP contribution < -0.4 is 10.9 Å². The molecule has 2 N–H and O–H groups in total. The van der Waals surface area contributed by atoms with Crippen LogP contribution in [0.2, 0.25) is 0 Å². The van der Waals surface area contributed by atoms with Crippen molar-refractivity contribution >= 4 is 5.91 Å². The highest BCUT2D eigenvalue weighted by Gasteiger charge is 2.31. The van der Waals surface area contributed by atoms with Crippen molar-refractivity contribution in [1.29, 1.82) is 0 Å². The van der Waals surface area contributed by atoms with Crippen LogP contribution in [0.5, 0.6) is 0 Å². The van der Waals surface area contributed by atoms with Crippen LogP contribution in [0.1, 0.15) is 32.6 Å². The number of hydrazine groups is 1. The van der Waals surface area contributed by atoms with Crippen LogP contribution in [0, 0.1) is 11.8 Å². The summed E-state index contributed by atoms with van der Waals surface area (Å²) in [4.78, 5) is 11.1. The van der Waals surface area contributed by atoms with Gasteiger partial charge in [-0.2, -0.15) is 0 Å². The van der Waals surface area contributed by atoms with E-state index in [1.807, 2.05) is 6.92 Å². The highest BCUT2D eigenvalue weighted by molar-refractivity contribution is 5.80. The minimum atomic E-state index is 0.149. The summed E-state index contributed by atoms with van der Waals surface area (Å²) in [6.07, 6.45) is 5.24. The van der Waals surface area contributed by atoms with E-state index in [9.17, 15) is 4.79 Å². The number of rotatable bonds is 3. The smallest absolute Gasteiger partial charge is 0.238 e. The van der Waals surface area contributed by atoms with Gasteiger partial charge in [0.15, 0.2) is 0 Å². The van der Waals surface area contributed by atoms with Crippen LogP contribution in [-0.2, 0) is 4.79 Å². The topological polar surface area (TPSA) is 41.1 Å². The molecule has 3 heteroatoms. The predicted octanol–water partition coefficient (Wildman–Crippen LogP) is 0.816. The summed E-state index contributed by atoms with van der Waals surface area (Å²) in [5.41, 5.74) is 5.71. The van der Waals surface area contributed by atoms with Crippen LogP contribution in [0.3, 0.4) is 0 Å². The van der Waals surface area contributed by atoms with Crippen molar-refractivity contribution in [3.05, 3.63) is 0 Å². The summed E-state index contributed by atoms with van der Waals surface area (Å²) in [5.74, 6) is 1.27. The van der Waals surface area contributed by atoms with E-state index in [0.29, 0.717) is 6.04 Å². The van der Waals surface area contributed by atoms with Crippen molar-refractivity contribution < 1.29 is 4.79 Å². The molecular formula is C9H16N2O. The third-order valence-corrected chi connectivity index (χ3v) is 2.98. The standard InChI is InChI=1S/C9H16N2O/c1-6-8(10-11-9(6)12)5-4-7-2-3-7/h6-8,10H,2-5H2,1H3,(H,11,12). The zero-order valence-corrected chi connectivity index (χ0v) is 7.47. The highest BCUT2D eigenvalue weighted by Crippen LogP contribution is 2.34. The highest BCUT2D eigenvalue weighted by atomic mass is 16.2. The molecule has 1 amide bonds. The molecule has 0 aromatic carbocycles. The van der Waals surface area contributed by atoms with Gasteiger partial charge in [0.25, 0.3) is 0 Å². The Kier molecular flexibility index (Phi) is 2.05. The predicted molar refractivity (Wildman–Crippen MR) is 46.2 cm³/mol. The maximum Gasteiger partial charge on any atom is 0.238 e. The van der Waals surface area contributed by atoms with Gasteiger partial charge in [-0.25, -0.2) is 5.43 Å². The van der Waals surface area contributed by atoms with Crippen LogP contribution in [0.15, 0.2) is 0 Å². The van der Waals surface area contributed by atoms with Crippen LogP contribution in [0.4, 0.5) is 0 Å². The van der Waals surface area contributed by atoms with E-state index in [2.05, 4.69) is 10.9 Å². The molecule has 68 valence electrons. The first-order valence-corrected chi connectivity index (χ1v) is 4.83. The van der Waals surface area contributed by atoms with Gasteiger partial charge in [0, 0.05) is 6.04 Å². The Morgan fingerprint density at radius 3 is 2.67 bits per heavy atom. The van der Waals surface area contributed by atoms with Gasteiger partial charge in [-0.3, -0.25) is 10.2 Å². The van der Waals surface area contributed by atoms with Gasteiger partial charge in [0.2, 0.25) is 5.91 Å². The molecule has 1 saturated carbocycles. The molecule has 0 bridgehead atoms. The Morgan fingerprint density at radius 1 is 1.42 bits per heavy atom. The summed E-state index contributed by atoms with van der Waals surface area (Å²) in [5, 5.41) is 0. The molecule has 2 atom stereocenters. The van der Waals surface area contributed by atoms with E-state index >= 15 is 0 Å². The molecule has 1 aliphatic carbocycles. The quantitative estimate of drug-likeness (QED) is 0.655. The minimum Gasteiger partial charge on any atom is -0.291 e. The van der Waals surface area contributed by atoms with Crippen molar-refractivity contribution in [3.63, 3.8) is 0 Å². The fourth-order valence-corrected chi connectivity index (χ4v) is 1.73. The first-order valence-electron chi connectivity index (χ1n) is 4.83. The van der Waals surface area contributed by atoms with Crippen molar-refractivity contribution in [1.82, 2.24) is 10.9 Å². The Bertz CT molecular complexity index is 189. The molecule has 1 saturated heterocycles. The molecule has 3 nitrogen and oxygen atoms in total. The van der Waals surface area contributed by atoms with Gasteiger partial charge in [-0.1, -0.05) is 19.8 Å². The van der Waals surface area contributed by atoms with E-state index in [1.165, 1.54) is 19.3 Å². The summed E-state index contributed by atoms with van der Waals surface area (Å²) >= 11 is 0. The molecule has 0 spiro atoms. The Labute approximate surface area is 72.9 Å². The fourth-order valence-electron chi connectivity index (χ4n) is 1.73. The van der Waals surface area contributed by atoms with Crippen molar-refractivity contribution in [2.45, 2.75) is 38.6 Å². The number of hydrogen-bond acceptors (Lipinski definition) is 2. The SMILES string of the molecule is CC1C(=O)NNC1CCC1CC1. The number of amides is 1. The molecular weight excluding hydrogens is 152 g/mol. The largest absolute Gasteiger partial charge is 0.291 e. The Morgan fingerprint density at radius 2 is 2.17 bits per heavy atom.